The van der Waals surface area contributed by atoms with Crippen LogP contribution < -0.4 is 15.6 Å². The summed E-state index contributed by atoms with van der Waals surface area (Å²) >= 11 is 0. The van der Waals surface area contributed by atoms with Gasteiger partial charge in [0, 0.05) is 24.3 Å². The molecule has 0 atom stereocenters. The average Bonchev–Trinajstić information content (AvgIpc) is 2.69. The molecule has 1 heterocycles. The number of methoxy groups -OCH3 is 1. The second-order valence-corrected chi connectivity index (χ2v) is 5.83. The van der Waals surface area contributed by atoms with Gasteiger partial charge >= 0.3 is 0 Å². The van der Waals surface area contributed by atoms with Gasteiger partial charge in [-0.3, -0.25) is 34.4 Å². The molecular formula is C17H13N5O7. The highest BCUT2D eigenvalue weighted by molar-refractivity contribution is 5.92. The average molecular weight is 399 g/mol. The predicted octanol–water partition coefficient (Wildman–Crippen LogP) is 1.86. The van der Waals surface area contributed by atoms with Crippen LogP contribution in [0.4, 0.5) is 17.1 Å². The molecule has 0 saturated carbocycles. The van der Waals surface area contributed by atoms with Crippen LogP contribution in [0.1, 0.15) is 0 Å². The highest BCUT2D eigenvalue weighted by atomic mass is 16.6. The fraction of sp³-hybridized carbons (Fsp3) is 0.118. The number of ether oxygens (including phenoxy) is 1. The van der Waals surface area contributed by atoms with E-state index in [1.807, 2.05) is 0 Å². The lowest BCUT2D eigenvalue weighted by Crippen LogP contribution is -2.28. The van der Waals surface area contributed by atoms with Crippen molar-refractivity contribution in [2.24, 2.45) is 0 Å². The molecule has 29 heavy (non-hydrogen) atoms. The first-order valence-electron chi connectivity index (χ1n) is 8.06. The number of nitrogens with zero attached hydrogens (tertiary/aromatic N) is 4. The fourth-order valence-corrected chi connectivity index (χ4v) is 2.62. The summed E-state index contributed by atoms with van der Waals surface area (Å²) in [6, 6.07) is 7.30. The van der Waals surface area contributed by atoms with E-state index in [0.717, 1.165) is 23.0 Å². The molecule has 0 aliphatic rings. The summed E-state index contributed by atoms with van der Waals surface area (Å²) in [6.07, 6.45) is 1.10. The minimum atomic E-state index is -0.644. The third-order valence-electron chi connectivity index (χ3n) is 4.00. The summed E-state index contributed by atoms with van der Waals surface area (Å²) in [7, 11) is 1.34. The van der Waals surface area contributed by atoms with Crippen molar-refractivity contribution in [2.45, 2.75) is 6.54 Å². The van der Waals surface area contributed by atoms with Crippen LogP contribution in [0.2, 0.25) is 0 Å². The van der Waals surface area contributed by atoms with Crippen LogP contribution in [0.5, 0.6) is 5.75 Å². The van der Waals surface area contributed by atoms with E-state index in [2.05, 4.69) is 10.3 Å². The normalized spacial score (nSPS) is 10.5. The smallest absolute Gasteiger partial charge is 0.271 e. The molecule has 0 unspecified atom stereocenters. The number of fused-ring (bicyclic) bond motifs is 1. The molecule has 0 spiro atoms. The zero-order chi connectivity index (χ0) is 21.1. The minimum absolute atomic E-state index is 0.0733. The highest BCUT2D eigenvalue weighted by Crippen LogP contribution is 2.28. The number of hydrogen-bond acceptors (Lipinski definition) is 8. The number of aromatic nitrogens is 2. The topological polar surface area (TPSA) is 160 Å². The lowest BCUT2D eigenvalue weighted by atomic mass is 10.2. The van der Waals surface area contributed by atoms with Gasteiger partial charge in [0.15, 0.2) is 0 Å². The largest absolute Gasteiger partial charge is 0.495 e. The number of non-ortho nitro benzene ring substituents is 2. The molecule has 1 aromatic heterocycles. The van der Waals surface area contributed by atoms with Gasteiger partial charge in [0.25, 0.3) is 16.9 Å². The maximum Gasteiger partial charge on any atom is 0.271 e. The number of nitro groups is 2. The quantitative estimate of drug-likeness (QED) is 0.485. The molecule has 0 bridgehead atoms. The minimum Gasteiger partial charge on any atom is -0.495 e. The molecule has 3 aromatic rings. The molecule has 148 valence electrons. The van der Waals surface area contributed by atoms with Crippen LogP contribution in [-0.2, 0) is 11.3 Å². The van der Waals surface area contributed by atoms with E-state index in [-0.39, 0.29) is 33.7 Å². The van der Waals surface area contributed by atoms with Gasteiger partial charge < -0.3 is 10.1 Å². The van der Waals surface area contributed by atoms with Crippen molar-refractivity contribution in [1.29, 1.82) is 0 Å². The van der Waals surface area contributed by atoms with Gasteiger partial charge in [-0.05, 0) is 12.1 Å². The Morgan fingerprint density at radius 2 is 1.79 bits per heavy atom. The zero-order valence-corrected chi connectivity index (χ0v) is 14.9. The first-order valence-corrected chi connectivity index (χ1v) is 8.06. The Balaban J connectivity index is 1.87. The van der Waals surface area contributed by atoms with Crippen molar-refractivity contribution in [2.75, 3.05) is 12.4 Å². The summed E-state index contributed by atoms with van der Waals surface area (Å²) in [5.74, 6) is -0.436. The lowest BCUT2D eigenvalue weighted by molar-refractivity contribution is -0.384. The molecular weight excluding hydrogens is 386 g/mol. The van der Waals surface area contributed by atoms with Gasteiger partial charge in [0.2, 0.25) is 5.91 Å². The molecule has 12 heteroatoms. The second kappa shape index (κ2) is 7.72. The van der Waals surface area contributed by atoms with Crippen LogP contribution in [0.25, 0.3) is 10.9 Å². The van der Waals surface area contributed by atoms with Crippen LogP contribution >= 0.6 is 0 Å². The summed E-state index contributed by atoms with van der Waals surface area (Å²) in [6.45, 7) is -0.426. The molecule has 0 radical (unpaired) electrons. The van der Waals surface area contributed by atoms with Crippen LogP contribution in [0, 0.1) is 20.2 Å². The fourth-order valence-electron chi connectivity index (χ4n) is 2.62. The van der Waals surface area contributed by atoms with Gasteiger partial charge in [-0.1, -0.05) is 0 Å². The molecule has 12 nitrogen and oxygen atoms in total. The number of carbonyl (C=O) groups is 1. The van der Waals surface area contributed by atoms with Crippen molar-refractivity contribution in [3.8, 4) is 5.75 Å². The number of carbonyl (C=O) groups excluding carboxylic acids is 1. The Morgan fingerprint density at radius 1 is 1.14 bits per heavy atom. The molecule has 0 aliphatic carbocycles. The first-order chi connectivity index (χ1) is 13.8. The van der Waals surface area contributed by atoms with E-state index >= 15 is 0 Å². The Bertz CT molecular complexity index is 1200. The van der Waals surface area contributed by atoms with E-state index in [1.165, 1.54) is 31.4 Å². The number of anilines is 1. The SMILES string of the molecule is COc1ccc([N+](=O)[O-])cc1NC(=O)Cn1cnc2cc([N+](=O)[O-])ccc2c1=O. The Morgan fingerprint density at radius 3 is 2.45 bits per heavy atom. The van der Waals surface area contributed by atoms with Gasteiger partial charge in [0.1, 0.15) is 12.3 Å². The number of benzene rings is 2. The predicted molar refractivity (Wildman–Crippen MR) is 101 cm³/mol. The van der Waals surface area contributed by atoms with Crippen molar-refractivity contribution in [3.63, 3.8) is 0 Å². The maximum absolute atomic E-state index is 12.5. The van der Waals surface area contributed by atoms with E-state index in [4.69, 9.17) is 4.74 Å². The third kappa shape index (κ3) is 4.00. The highest BCUT2D eigenvalue weighted by Gasteiger charge is 2.16. The van der Waals surface area contributed by atoms with Gasteiger partial charge in [-0.15, -0.1) is 0 Å². The van der Waals surface area contributed by atoms with E-state index < -0.39 is 27.9 Å². The van der Waals surface area contributed by atoms with Crippen LogP contribution in [-0.4, -0.2) is 32.4 Å². The van der Waals surface area contributed by atoms with Gasteiger partial charge in [0.05, 0.1) is 39.9 Å². The molecule has 1 N–H and O–H groups in total. The molecule has 3 rings (SSSR count). The number of amides is 1. The monoisotopic (exact) mass is 399 g/mol. The Hall–Kier alpha value is -4.35. The molecule has 0 saturated heterocycles. The van der Waals surface area contributed by atoms with Crippen molar-refractivity contribution >= 4 is 33.9 Å². The van der Waals surface area contributed by atoms with Crippen molar-refractivity contribution in [1.82, 2.24) is 9.55 Å². The van der Waals surface area contributed by atoms with Crippen LogP contribution in [0.3, 0.4) is 0 Å². The summed E-state index contributed by atoms with van der Waals surface area (Å²) in [5, 5.41) is 24.3. The van der Waals surface area contributed by atoms with Crippen molar-refractivity contribution in [3.05, 3.63) is 73.3 Å². The van der Waals surface area contributed by atoms with Gasteiger partial charge in [-0.25, -0.2) is 4.98 Å². The van der Waals surface area contributed by atoms with Crippen LogP contribution in [0.15, 0.2) is 47.5 Å². The molecule has 2 aromatic carbocycles. The van der Waals surface area contributed by atoms with E-state index in [9.17, 15) is 29.8 Å². The summed E-state index contributed by atoms with van der Waals surface area (Å²) < 4.78 is 6.09. The second-order valence-electron chi connectivity index (χ2n) is 5.83. The van der Waals surface area contributed by atoms with Gasteiger partial charge in [-0.2, -0.15) is 0 Å². The maximum atomic E-state index is 12.5. The summed E-state index contributed by atoms with van der Waals surface area (Å²) in [5.41, 5.74) is -0.818. The lowest BCUT2D eigenvalue weighted by Gasteiger charge is -2.11. The Labute approximate surface area is 161 Å². The number of rotatable bonds is 6. The molecule has 0 fully saturated rings. The summed E-state index contributed by atoms with van der Waals surface area (Å²) in [4.78, 5) is 49.4. The number of hydrogen-bond donors (Lipinski definition) is 1. The number of nitro benzene ring substituents is 2. The number of nitrogens with one attached hydrogen (secondary N) is 1. The zero-order valence-electron chi connectivity index (χ0n) is 14.9. The van der Waals surface area contributed by atoms with E-state index in [0.29, 0.717) is 0 Å². The van der Waals surface area contributed by atoms with E-state index in [1.54, 1.807) is 0 Å². The first kappa shape index (κ1) is 19.4. The molecule has 0 aliphatic heterocycles. The Kier molecular flexibility index (Phi) is 5.17. The van der Waals surface area contributed by atoms with Crippen molar-refractivity contribution < 1.29 is 19.4 Å². The standard InChI is InChI=1S/C17H13N5O7/c1-29-15-5-3-11(22(27)28)7-14(15)19-16(23)8-20-9-18-13-6-10(21(25)26)2-4-12(13)17(20)24/h2-7,9H,8H2,1H3,(H,19,23). The molecule has 1 amide bonds. The third-order valence-corrected chi connectivity index (χ3v) is 4.00.